The highest BCUT2D eigenvalue weighted by Crippen LogP contribution is 2.17. The van der Waals surface area contributed by atoms with Crippen LogP contribution in [0, 0.1) is 0 Å². The molecule has 0 fully saturated rings. The highest BCUT2D eigenvalue weighted by molar-refractivity contribution is 5.83. The molecule has 0 aliphatic heterocycles. The van der Waals surface area contributed by atoms with Crippen LogP contribution in [0.4, 0.5) is 0 Å². The standard InChI is InChI=1S/C22H26N2O5/c1-15(22(27)23-14-17-9-11-19(28-3)12-10-17)29-21(26)13-20(24-16(2)25)18-7-5-4-6-8-18/h4-12,15,20H,13-14H2,1-3H3,(H,23,27)(H,24,25)/t15-,20+/m0/s1. The minimum atomic E-state index is -0.950. The van der Waals surface area contributed by atoms with E-state index >= 15 is 0 Å². The summed E-state index contributed by atoms with van der Waals surface area (Å²) in [6.45, 7) is 3.21. The van der Waals surface area contributed by atoms with E-state index in [1.54, 1.807) is 19.2 Å². The minimum Gasteiger partial charge on any atom is -0.497 e. The molecule has 2 atom stereocenters. The van der Waals surface area contributed by atoms with Crippen molar-refractivity contribution >= 4 is 17.8 Å². The number of rotatable bonds is 9. The Morgan fingerprint density at radius 2 is 1.66 bits per heavy atom. The fraction of sp³-hybridized carbons (Fsp3) is 0.318. The second kappa shape index (κ2) is 10.8. The highest BCUT2D eigenvalue weighted by atomic mass is 16.5. The lowest BCUT2D eigenvalue weighted by Gasteiger charge is -2.19. The van der Waals surface area contributed by atoms with Crippen LogP contribution in [0.5, 0.6) is 5.75 Å². The van der Waals surface area contributed by atoms with Gasteiger partial charge in [0, 0.05) is 13.5 Å². The summed E-state index contributed by atoms with van der Waals surface area (Å²) >= 11 is 0. The topological polar surface area (TPSA) is 93.7 Å². The summed E-state index contributed by atoms with van der Waals surface area (Å²) in [7, 11) is 1.58. The molecule has 0 spiro atoms. The van der Waals surface area contributed by atoms with Crippen LogP contribution >= 0.6 is 0 Å². The summed E-state index contributed by atoms with van der Waals surface area (Å²) in [5.41, 5.74) is 1.68. The van der Waals surface area contributed by atoms with E-state index < -0.39 is 24.0 Å². The van der Waals surface area contributed by atoms with Gasteiger partial charge in [0.15, 0.2) is 6.10 Å². The average Bonchev–Trinajstić information content (AvgIpc) is 2.72. The van der Waals surface area contributed by atoms with Gasteiger partial charge in [0.05, 0.1) is 19.6 Å². The molecule has 2 aromatic rings. The molecule has 0 unspecified atom stereocenters. The number of hydrogen-bond donors (Lipinski definition) is 2. The molecular weight excluding hydrogens is 372 g/mol. The van der Waals surface area contributed by atoms with Gasteiger partial charge < -0.3 is 20.1 Å². The van der Waals surface area contributed by atoms with E-state index in [0.29, 0.717) is 6.54 Å². The van der Waals surface area contributed by atoms with E-state index in [9.17, 15) is 14.4 Å². The van der Waals surface area contributed by atoms with Crippen molar-refractivity contribution in [1.29, 1.82) is 0 Å². The maximum absolute atomic E-state index is 12.3. The van der Waals surface area contributed by atoms with E-state index in [4.69, 9.17) is 9.47 Å². The molecule has 154 valence electrons. The summed E-state index contributed by atoms with van der Waals surface area (Å²) in [6, 6.07) is 15.9. The average molecular weight is 398 g/mol. The molecule has 0 aromatic heterocycles. The minimum absolute atomic E-state index is 0.0697. The normalized spacial score (nSPS) is 12.4. The van der Waals surface area contributed by atoms with Gasteiger partial charge in [-0.3, -0.25) is 14.4 Å². The van der Waals surface area contributed by atoms with Gasteiger partial charge in [0.1, 0.15) is 5.75 Å². The highest BCUT2D eigenvalue weighted by Gasteiger charge is 2.22. The Morgan fingerprint density at radius 3 is 2.24 bits per heavy atom. The van der Waals surface area contributed by atoms with Gasteiger partial charge in [0.2, 0.25) is 5.91 Å². The van der Waals surface area contributed by atoms with Crippen LogP contribution in [0.1, 0.15) is 37.4 Å². The number of carbonyl (C=O) groups excluding carboxylic acids is 3. The number of nitrogens with one attached hydrogen (secondary N) is 2. The molecule has 0 bridgehead atoms. The third kappa shape index (κ3) is 7.29. The van der Waals surface area contributed by atoms with Crippen molar-refractivity contribution in [3.05, 3.63) is 65.7 Å². The Labute approximate surface area is 170 Å². The quantitative estimate of drug-likeness (QED) is 0.633. The molecular formula is C22H26N2O5. The molecule has 0 radical (unpaired) electrons. The van der Waals surface area contributed by atoms with Gasteiger partial charge >= 0.3 is 5.97 Å². The molecule has 2 rings (SSSR count). The van der Waals surface area contributed by atoms with Gasteiger partial charge in [-0.1, -0.05) is 42.5 Å². The maximum Gasteiger partial charge on any atom is 0.309 e. The molecule has 2 aromatic carbocycles. The first-order valence-corrected chi connectivity index (χ1v) is 9.31. The summed E-state index contributed by atoms with van der Waals surface area (Å²) in [4.78, 5) is 36.0. The molecule has 2 N–H and O–H groups in total. The zero-order valence-electron chi connectivity index (χ0n) is 16.8. The molecule has 0 aliphatic carbocycles. The largest absolute Gasteiger partial charge is 0.497 e. The summed E-state index contributed by atoms with van der Waals surface area (Å²) in [5.74, 6) is -0.490. The number of carbonyl (C=O) groups is 3. The van der Waals surface area contributed by atoms with E-state index in [1.807, 2.05) is 42.5 Å². The Bertz CT molecular complexity index is 821. The van der Waals surface area contributed by atoms with Crippen molar-refractivity contribution in [3.63, 3.8) is 0 Å². The zero-order chi connectivity index (χ0) is 21.2. The molecule has 7 nitrogen and oxygen atoms in total. The first kappa shape index (κ1) is 21.9. The van der Waals surface area contributed by atoms with Crippen molar-refractivity contribution in [2.45, 2.75) is 39.0 Å². The van der Waals surface area contributed by atoms with E-state index in [0.717, 1.165) is 16.9 Å². The number of esters is 1. The van der Waals surface area contributed by atoms with Crippen LogP contribution in [-0.2, 0) is 25.7 Å². The fourth-order valence-electron chi connectivity index (χ4n) is 2.72. The molecule has 7 heteroatoms. The smallest absolute Gasteiger partial charge is 0.309 e. The van der Waals surface area contributed by atoms with E-state index in [-0.39, 0.29) is 12.3 Å². The molecule has 2 amide bonds. The van der Waals surface area contributed by atoms with Crippen molar-refractivity contribution in [1.82, 2.24) is 10.6 Å². The van der Waals surface area contributed by atoms with Gasteiger partial charge in [-0.25, -0.2) is 0 Å². The Hall–Kier alpha value is -3.35. The fourth-order valence-corrected chi connectivity index (χ4v) is 2.72. The third-order valence-electron chi connectivity index (χ3n) is 4.25. The van der Waals surface area contributed by atoms with Crippen LogP contribution in [-0.4, -0.2) is 31.0 Å². The first-order valence-electron chi connectivity index (χ1n) is 9.31. The van der Waals surface area contributed by atoms with Crippen LogP contribution in [0.15, 0.2) is 54.6 Å². The molecule has 29 heavy (non-hydrogen) atoms. The van der Waals surface area contributed by atoms with Crippen molar-refractivity contribution in [2.24, 2.45) is 0 Å². The van der Waals surface area contributed by atoms with Crippen molar-refractivity contribution in [2.75, 3.05) is 7.11 Å². The second-order valence-corrected chi connectivity index (χ2v) is 6.57. The van der Waals surface area contributed by atoms with E-state index in [2.05, 4.69) is 10.6 Å². The maximum atomic E-state index is 12.3. The van der Waals surface area contributed by atoms with Crippen LogP contribution in [0.25, 0.3) is 0 Å². The van der Waals surface area contributed by atoms with Crippen LogP contribution < -0.4 is 15.4 Å². The van der Waals surface area contributed by atoms with Gasteiger partial charge in [0.25, 0.3) is 5.91 Å². The predicted molar refractivity (Wildman–Crippen MR) is 108 cm³/mol. The number of methoxy groups -OCH3 is 1. The summed E-state index contributed by atoms with van der Waals surface area (Å²) in [5, 5.41) is 5.47. The third-order valence-corrected chi connectivity index (χ3v) is 4.25. The molecule has 0 saturated heterocycles. The molecule has 0 aliphatic rings. The number of amides is 2. The molecule has 0 heterocycles. The second-order valence-electron chi connectivity index (χ2n) is 6.57. The zero-order valence-corrected chi connectivity index (χ0v) is 16.8. The number of ether oxygens (including phenoxy) is 2. The van der Waals surface area contributed by atoms with Gasteiger partial charge in [-0.15, -0.1) is 0 Å². The number of hydrogen-bond acceptors (Lipinski definition) is 5. The lowest BCUT2D eigenvalue weighted by atomic mass is 10.0. The van der Waals surface area contributed by atoms with Crippen molar-refractivity contribution in [3.8, 4) is 5.75 Å². The summed E-state index contributed by atoms with van der Waals surface area (Å²) in [6.07, 6.45) is -1.02. The van der Waals surface area contributed by atoms with Crippen LogP contribution in [0.3, 0.4) is 0 Å². The Balaban J connectivity index is 1.87. The van der Waals surface area contributed by atoms with Gasteiger partial charge in [-0.05, 0) is 30.2 Å². The van der Waals surface area contributed by atoms with E-state index in [1.165, 1.54) is 13.8 Å². The lowest BCUT2D eigenvalue weighted by Crippen LogP contribution is -2.36. The predicted octanol–water partition coefficient (Wildman–Crippen LogP) is 2.51. The first-order chi connectivity index (χ1) is 13.9. The molecule has 0 saturated carbocycles. The lowest BCUT2D eigenvalue weighted by molar-refractivity contribution is -0.155. The van der Waals surface area contributed by atoms with Crippen molar-refractivity contribution < 1.29 is 23.9 Å². The Kier molecular flexibility index (Phi) is 8.21. The van der Waals surface area contributed by atoms with Crippen LogP contribution in [0.2, 0.25) is 0 Å². The number of benzene rings is 2. The monoisotopic (exact) mass is 398 g/mol. The SMILES string of the molecule is COc1ccc(CNC(=O)[C@H](C)OC(=O)C[C@@H](NC(C)=O)c2ccccc2)cc1. The van der Waals surface area contributed by atoms with Gasteiger partial charge in [-0.2, -0.15) is 0 Å². The Morgan fingerprint density at radius 1 is 1.00 bits per heavy atom. The summed E-state index contributed by atoms with van der Waals surface area (Å²) < 4.78 is 10.3.